The first-order valence-electron chi connectivity index (χ1n) is 10.4. The van der Waals surface area contributed by atoms with E-state index in [1.807, 2.05) is 43.0 Å². The molecule has 0 aromatic heterocycles. The fourth-order valence-electron chi connectivity index (χ4n) is 4.01. The minimum absolute atomic E-state index is 0.00533. The molecule has 1 unspecified atom stereocenters. The summed E-state index contributed by atoms with van der Waals surface area (Å²) in [4.78, 5) is 40.9. The fraction of sp³-hybridized carbons (Fsp3) is 0.591. The fourth-order valence-corrected chi connectivity index (χ4v) is 4.01. The first kappa shape index (κ1) is 20.4. The van der Waals surface area contributed by atoms with Crippen molar-refractivity contribution in [2.45, 2.75) is 52.5 Å². The first-order chi connectivity index (χ1) is 13.4. The summed E-state index contributed by atoms with van der Waals surface area (Å²) >= 11 is 0. The van der Waals surface area contributed by atoms with Gasteiger partial charge < -0.3 is 15.1 Å². The molecule has 0 bridgehead atoms. The van der Waals surface area contributed by atoms with Gasteiger partial charge in [-0.2, -0.15) is 0 Å². The highest BCUT2D eigenvalue weighted by atomic mass is 16.2. The quantitative estimate of drug-likeness (QED) is 0.846. The Morgan fingerprint density at radius 2 is 1.93 bits per heavy atom. The van der Waals surface area contributed by atoms with Gasteiger partial charge in [0.25, 0.3) is 0 Å². The normalized spacial score (nSPS) is 20.7. The molecule has 1 aromatic rings. The third kappa shape index (κ3) is 4.54. The van der Waals surface area contributed by atoms with E-state index in [1.165, 1.54) is 5.56 Å². The number of carbonyl (C=O) groups is 3. The van der Waals surface area contributed by atoms with E-state index in [2.05, 4.69) is 12.2 Å². The third-order valence-electron chi connectivity index (χ3n) is 5.77. The molecule has 2 fully saturated rings. The van der Waals surface area contributed by atoms with Crippen molar-refractivity contribution in [3.8, 4) is 0 Å². The highest BCUT2D eigenvalue weighted by Gasteiger charge is 2.36. The molecule has 1 atom stereocenters. The summed E-state index contributed by atoms with van der Waals surface area (Å²) < 4.78 is 0. The van der Waals surface area contributed by atoms with Crippen molar-refractivity contribution >= 4 is 23.4 Å². The molecule has 3 amide bonds. The molecule has 6 heteroatoms. The summed E-state index contributed by atoms with van der Waals surface area (Å²) in [5.74, 6) is -0.168. The van der Waals surface area contributed by atoms with E-state index in [-0.39, 0.29) is 42.0 Å². The first-order valence-corrected chi connectivity index (χ1v) is 10.4. The molecule has 2 heterocycles. The molecule has 0 radical (unpaired) electrons. The zero-order chi connectivity index (χ0) is 20.3. The van der Waals surface area contributed by atoms with Crippen LogP contribution in [0.2, 0.25) is 0 Å². The Morgan fingerprint density at radius 1 is 1.21 bits per heavy atom. The van der Waals surface area contributed by atoms with Gasteiger partial charge in [0, 0.05) is 43.7 Å². The standard InChI is InChI=1S/C22H31N3O3/c1-4-16-6-5-7-19(12-16)25-14-17(13-20(25)26)21(27)23-18-8-10-24(11-9-18)22(28)15(2)3/h5-7,12,15,17-18H,4,8-11,13-14H2,1-3H3,(H,23,27). The summed E-state index contributed by atoms with van der Waals surface area (Å²) in [6, 6.07) is 8.04. The predicted octanol–water partition coefficient (Wildman–Crippen LogP) is 2.37. The van der Waals surface area contributed by atoms with Gasteiger partial charge in [-0.1, -0.05) is 32.9 Å². The summed E-state index contributed by atoms with van der Waals surface area (Å²) in [5.41, 5.74) is 2.06. The van der Waals surface area contributed by atoms with Crippen LogP contribution in [-0.2, 0) is 20.8 Å². The van der Waals surface area contributed by atoms with Crippen LogP contribution in [0.3, 0.4) is 0 Å². The van der Waals surface area contributed by atoms with Crippen molar-refractivity contribution in [3.05, 3.63) is 29.8 Å². The van der Waals surface area contributed by atoms with Gasteiger partial charge in [-0.25, -0.2) is 0 Å². The lowest BCUT2D eigenvalue weighted by atomic mass is 10.0. The average molecular weight is 386 g/mol. The minimum atomic E-state index is -0.312. The van der Waals surface area contributed by atoms with E-state index in [0.29, 0.717) is 19.6 Å². The van der Waals surface area contributed by atoms with E-state index in [4.69, 9.17) is 0 Å². The number of hydrogen-bond acceptors (Lipinski definition) is 3. The number of benzene rings is 1. The van der Waals surface area contributed by atoms with Crippen LogP contribution in [0.4, 0.5) is 5.69 Å². The Labute approximate surface area is 167 Å². The predicted molar refractivity (Wildman–Crippen MR) is 109 cm³/mol. The summed E-state index contributed by atoms with van der Waals surface area (Å²) in [7, 11) is 0. The molecule has 152 valence electrons. The van der Waals surface area contributed by atoms with Crippen molar-refractivity contribution in [1.82, 2.24) is 10.2 Å². The Hall–Kier alpha value is -2.37. The van der Waals surface area contributed by atoms with Crippen LogP contribution in [-0.4, -0.2) is 48.3 Å². The SMILES string of the molecule is CCc1cccc(N2CC(C(=O)NC3CCN(C(=O)C(C)C)CC3)CC2=O)c1. The highest BCUT2D eigenvalue weighted by molar-refractivity contribution is 6.00. The molecular formula is C22H31N3O3. The van der Waals surface area contributed by atoms with E-state index in [9.17, 15) is 14.4 Å². The van der Waals surface area contributed by atoms with Gasteiger partial charge in [-0.05, 0) is 37.0 Å². The lowest BCUT2D eigenvalue weighted by molar-refractivity contribution is -0.135. The number of rotatable bonds is 5. The van der Waals surface area contributed by atoms with Gasteiger partial charge in [-0.3, -0.25) is 14.4 Å². The maximum atomic E-state index is 12.7. The number of nitrogens with zero attached hydrogens (tertiary/aromatic N) is 2. The van der Waals surface area contributed by atoms with Crippen LogP contribution in [0.5, 0.6) is 0 Å². The van der Waals surface area contributed by atoms with Gasteiger partial charge in [0.2, 0.25) is 17.7 Å². The van der Waals surface area contributed by atoms with E-state index in [1.54, 1.807) is 4.90 Å². The van der Waals surface area contributed by atoms with Gasteiger partial charge >= 0.3 is 0 Å². The number of piperidine rings is 1. The Kier molecular flexibility index (Phi) is 6.37. The highest BCUT2D eigenvalue weighted by Crippen LogP contribution is 2.26. The van der Waals surface area contributed by atoms with E-state index in [0.717, 1.165) is 24.9 Å². The van der Waals surface area contributed by atoms with E-state index < -0.39 is 0 Å². The molecule has 0 saturated carbocycles. The number of nitrogens with one attached hydrogen (secondary N) is 1. The topological polar surface area (TPSA) is 69.7 Å². The number of aryl methyl sites for hydroxylation is 1. The number of amides is 3. The molecule has 6 nitrogen and oxygen atoms in total. The smallest absolute Gasteiger partial charge is 0.227 e. The summed E-state index contributed by atoms with van der Waals surface area (Å²) in [6.07, 6.45) is 2.71. The molecule has 2 aliphatic heterocycles. The Balaban J connectivity index is 1.53. The van der Waals surface area contributed by atoms with Crippen LogP contribution in [0.25, 0.3) is 0 Å². The second kappa shape index (κ2) is 8.76. The molecule has 1 aromatic carbocycles. The van der Waals surface area contributed by atoms with Crippen LogP contribution in [0.15, 0.2) is 24.3 Å². The molecule has 28 heavy (non-hydrogen) atoms. The average Bonchev–Trinajstić information content (AvgIpc) is 3.10. The van der Waals surface area contributed by atoms with Crippen LogP contribution in [0, 0.1) is 11.8 Å². The Bertz CT molecular complexity index is 738. The Morgan fingerprint density at radius 3 is 2.57 bits per heavy atom. The molecule has 0 aliphatic carbocycles. The number of likely N-dealkylation sites (tertiary alicyclic amines) is 1. The minimum Gasteiger partial charge on any atom is -0.353 e. The monoisotopic (exact) mass is 385 g/mol. The number of hydrogen-bond donors (Lipinski definition) is 1. The summed E-state index contributed by atoms with van der Waals surface area (Å²) in [5, 5.41) is 3.11. The molecule has 3 rings (SSSR count). The molecule has 1 N–H and O–H groups in total. The molecule has 2 saturated heterocycles. The number of carbonyl (C=O) groups excluding carboxylic acids is 3. The van der Waals surface area contributed by atoms with Crippen molar-refractivity contribution in [3.63, 3.8) is 0 Å². The van der Waals surface area contributed by atoms with Gasteiger partial charge in [-0.15, -0.1) is 0 Å². The largest absolute Gasteiger partial charge is 0.353 e. The zero-order valence-corrected chi connectivity index (χ0v) is 17.1. The van der Waals surface area contributed by atoms with Gasteiger partial charge in [0.15, 0.2) is 0 Å². The molecule has 2 aliphatic rings. The van der Waals surface area contributed by atoms with Crippen molar-refractivity contribution in [2.75, 3.05) is 24.5 Å². The van der Waals surface area contributed by atoms with E-state index >= 15 is 0 Å². The summed E-state index contributed by atoms with van der Waals surface area (Å²) in [6.45, 7) is 7.71. The van der Waals surface area contributed by atoms with Crippen molar-refractivity contribution in [1.29, 1.82) is 0 Å². The third-order valence-corrected chi connectivity index (χ3v) is 5.77. The zero-order valence-electron chi connectivity index (χ0n) is 17.1. The van der Waals surface area contributed by atoms with Crippen molar-refractivity contribution in [2.24, 2.45) is 11.8 Å². The lowest BCUT2D eigenvalue weighted by Crippen LogP contribution is -2.48. The van der Waals surface area contributed by atoms with Crippen LogP contribution < -0.4 is 10.2 Å². The number of anilines is 1. The van der Waals surface area contributed by atoms with Crippen molar-refractivity contribution < 1.29 is 14.4 Å². The molecular weight excluding hydrogens is 354 g/mol. The lowest BCUT2D eigenvalue weighted by Gasteiger charge is -2.33. The second-order valence-electron chi connectivity index (χ2n) is 8.19. The van der Waals surface area contributed by atoms with Gasteiger partial charge in [0.05, 0.1) is 5.92 Å². The van der Waals surface area contributed by atoms with Gasteiger partial charge in [0.1, 0.15) is 0 Å². The second-order valence-corrected chi connectivity index (χ2v) is 8.19. The molecule has 0 spiro atoms. The van der Waals surface area contributed by atoms with Crippen LogP contribution in [0.1, 0.15) is 45.6 Å². The maximum absolute atomic E-state index is 12.7. The van der Waals surface area contributed by atoms with Crippen LogP contribution >= 0.6 is 0 Å². The maximum Gasteiger partial charge on any atom is 0.227 e.